The van der Waals surface area contributed by atoms with E-state index in [0.29, 0.717) is 17.1 Å². The van der Waals surface area contributed by atoms with Crippen LogP contribution in [0.2, 0.25) is 0 Å². The molecule has 0 aliphatic rings. The van der Waals surface area contributed by atoms with E-state index >= 15 is 0 Å². The number of anilines is 1. The Morgan fingerprint density at radius 1 is 1.26 bits per heavy atom. The molecule has 0 bridgehead atoms. The second-order valence-corrected chi connectivity index (χ2v) is 6.75. The fraction of sp³-hybridized carbons (Fsp3) is 0.250. The van der Waals surface area contributed by atoms with Crippen LogP contribution in [-0.4, -0.2) is 18.6 Å². The summed E-state index contributed by atoms with van der Waals surface area (Å²) in [6.45, 7) is 5.19. The van der Waals surface area contributed by atoms with Gasteiger partial charge in [0.05, 0.1) is 17.1 Å². The Morgan fingerprint density at radius 3 is 2.53 bits per heavy atom. The van der Waals surface area contributed by atoms with Crippen LogP contribution in [0.4, 0.5) is 5.69 Å². The Balaban J connectivity index is 2.46. The van der Waals surface area contributed by atoms with Crippen molar-refractivity contribution in [1.82, 2.24) is 10.2 Å². The number of hydrogen-bond donors (Lipinski definition) is 2. The second kappa shape index (κ2) is 4.97. The van der Waals surface area contributed by atoms with Gasteiger partial charge in [0.15, 0.2) is 0 Å². The average molecular weight is 344 g/mol. The molecule has 1 heterocycles. The van der Waals surface area contributed by atoms with Crippen molar-refractivity contribution in [3.63, 3.8) is 0 Å². The van der Waals surface area contributed by atoms with Gasteiger partial charge < -0.3 is 0 Å². The third-order valence-electron chi connectivity index (χ3n) is 2.84. The SMILES string of the molecule is Cc1n[nH]c(C)c1S(=O)(=O)Nc1cccc(Br)c1C. The lowest BCUT2D eigenvalue weighted by Gasteiger charge is -2.11. The molecule has 102 valence electrons. The van der Waals surface area contributed by atoms with Crippen molar-refractivity contribution < 1.29 is 8.42 Å². The predicted molar refractivity (Wildman–Crippen MR) is 77.7 cm³/mol. The predicted octanol–water partition coefficient (Wildman–Crippen LogP) is 2.90. The number of aromatic amines is 1. The summed E-state index contributed by atoms with van der Waals surface area (Å²) in [5.41, 5.74) is 2.37. The minimum absolute atomic E-state index is 0.201. The molecule has 5 nitrogen and oxygen atoms in total. The Morgan fingerprint density at radius 2 is 1.95 bits per heavy atom. The number of nitrogens with zero attached hydrogens (tertiary/aromatic N) is 1. The van der Waals surface area contributed by atoms with E-state index < -0.39 is 10.0 Å². The van der Waals surface area contributed by atoms with Gasteiger partial charge in [0.25, 0.3) is 10.0 Å². The van der Waals surface area contributed by atoms with Gasteiger partial charge in [-0.1, -0.05) is 22.0 Å². The standard InChI is InChI=1S/C12H14BrN3O2S/c1-7-10(13)5-4-6-11(7)16-19(17,18)12-8(2)14-15-9(12)3/h4-6,16H,1-3H3,(H,14,15). The summed E-state index contributed by atoms with van der Waals surface area (Å²) in [5.74, 6) is 0. The first-order valence-corrected chi connectivity index (χ1v) is 7.90. The van der Waals surface area contributed by atoms with Gasteiger partial charge >= 0.3 is 0 Å². The summed E-state index contributed by atoms with van der Waals surface area (Å²) in [5, 5.41) is 6.59. The first-order valence-electron chi connectivity index (χ1n) is 5.62. The number of nitrogens with one attached hydrogen (secondary N) is 2. The van der Waals surface area contributed by atoms with Crippen LogP contribution in [0, 0.1) is 20.8 Å². The van der Waals surface area contributed by atoms with E-state index in [1.165, 1.54) is 0 Å². The van der Waals surface area contributed by atoms with Crippen LogP contribution in [-0.2, 0) is 10.0 Å². The summed E-state index contributed by atoms with van der Waals surface area (Å²) in [6.07, 6.45) is 0. The Kier molecular flexibility index (Phi) is 3.69. The zero-order chi connectivity index (χ0) is 14.2. The summed E-state index contributed by atoms with van der Waals surface area (Å²) in [4.78, 5) is 0.201. The van der Waals surface area contributed by atoms with Crippen LogP contribution in [0.25, 0.3) is 0 Å². The third-order valence-corrected chi connectivity index (χ3v) is 5.33. The highest BCUT2D eigenvalue weighted by Gasteiger charge is 2.22. The second-order valence-electron chi connectivity index (χ2n) is 4.28. The lowest BCUT2D eigenvalue weighted by Crippen LogP contribution is -2.15. The van der Waals surface area contributed by atoms with Crippen LogP contribution >= 0.6 is 15.9 Å². The zero-order valence-electron chi connectivity index (χ0n) is 10.8. The van der Waals surface area contributed by atoms with E-state index in [4.69, 9.17) is 0 Å². The van der Waals surface area contributed by atoms with Gasteiger partial charge in [-0.15, -0.1) is 0 Å². The van der Waals surface area contributed by atoms with Crippen molar-refractivity contribution in [2.45, 2.75) is 25.7 Å². The van der Waals surface area contributed by atoms with E-state index in [9.17, 15) is 8.42 Å². The van der Waals surface area contributed by atoms with Crippen LogP contribution in [0.1, 0.15) is 17.0 Å². The molecule has 1 aromatic heterocycles. The highest BCUT2D eigenvalue weighted by atomic mass is 79.9. The lowest BCUT2D eigenvalue weighted by atomic mass is 10.2. The van der Waals surface area contributed by atoms with Crippen molar-refractivity contribution in [3.8, 4) is 0 Å². The molecule has 1 aromatic carbocycles. The normalized spacial score (nSPS) is 11.6. The van der Waals surface area contributed by atoms with Crippen LogP contribution in [0.5, 0.6) is 0 Å². The van der Waals surface area contributed by atoms with Crippen LogP contribution in [0.3, 0.4) is 0 Å². The average Bonchev–Trinajstić information content (AvgIpc) is 2.65. The van der Waals surface area contributed by atoms with Crippen molar-refractivity contribution in [2.24, 2.45) is 0 Å². The van der Waals surface area contributed by atoms with Gasteiger partial charge in [-0.2, -0.15) is 5.10 Å². The topological polar surface area (TPSA) is 74.8 Å². The number of benzene rings is 1. The molecular formula is C12H14BrN3O2S. The molecule has 0 saturated heterocycles. The smallest absolute Gasteiger partial charge is 0.265 e. The highest BCUT2D eigenvalue weighted by Crippen LogP contribution is 2.27. The molecule has 2 rings (SSSR count). The molecule has 0 spiro atoms. The number of halogens is 1. The number of hydrogen-bond acceptors (Lipinski definition) is 3. The maximum Gasteiger partial charge on any atom is 0.265 e. The maximum atomic E-state index is 12.4. The monoisotopic (exact) mass is 343 g/mol. The van der Waals surface area contributed by atoms with E-state index in [-0.39, 0.29) is 4.90 Å². The van der Waals surface area contributed by atoms with Crippen molar-refractivity contribution in [3.05, 3.63) is 39.6 Å². The van der Waals surface area contributed by atoms with Crippen molar-refractivity contribution in [2.75, 3.05) is 4.72 Å². The molecule has 2 aromatic rings. The molecule has 0 saturated carbocycles. The summed E-state index contributed by atoms with van der Waals surface area (Å²) >= 11 is 3.38. The van der Waals surface area contributed by atoms with Gasteiger partial charge in [0.1, 0.15) is 4.90 Å². The minimum atomic E-state index is -3.64. The largest absolute Gasteiger partial charge is 0.281 e. The number of aryl methyl sites for hydroxylation is 2. The summed E-state index contributed by atoms with van der Waals surface area (Å²) in [6, 6.07) is 5.37. The Hall–Kier alpha value is -1.34. The third kappa shape index (κ3) is 2.66. The fourth-order valence-corrected chi connectivity index (χ4v) is 3.71. The molecule has 0 amide bonds. The van der Waals surface area contributed by atoms with E-state index in [0.717, 1.165) is 10.0 Å². The molecule has 7 heteroatoms. The summed E-state index contributed by atoms with van der Waals surface area (Å²) < 4.78 is 28.2. The summed E-state index contributed by atoms with van der Waals surface area (Å²) in [7, 11) is -3.64. The van der Waals surface area contributed by atoms with Crippen molar-refractivity contribution in [1.29, 1.82) is 0 Å². The molecule has 19 heavy (non-hydrogen) atoms. The molecule has 0 atom stereocenters. The Labute approximate surface area is 120 Å². The molecule has 0 aliphatic heterocycles. The number of sulfonamides is 1. The van der Waals surface area contributed by atoms with Gasteiger partial charge in [0, 0.05) is 4.47 Å². The van der Waals surface area contributed by atoms with Gasteiger partial charge in [-0.05, 0) is 38.5 Å². The maximum absolute atomic E-state index is 12.4. The van der Waals surface area contributed by atoms with Crippen LogP contribution < -0.4 is 4.72 Å². The number of aromatic nitrogens is 2. The molecule has 2 N–H and O–H groups in total. The molecule has 0 unspecified atom stereocenters. The fourth-order valence-electron chi connectivity index (χ4n) is 1.85. The molecule has 0 aliphatic carbocycles. The number of H-pyrrole nitrogens is 1. The van der Waals surface area contributed by atoms with E-state index in [1.54, 1.807) is 26.0 Å². The number of rotatable bonds is 3. The first-order chi connectivity index (χ1) is 8.83. The van der Waals surface area contributed by atoms with E-state index in [2.05, 4.69) is 30.8 Å². The van der Waals surface area contributed by atoms with Gasteiger partial charge in [-0.25, -0.2) is 8.42 Å². The quantitative estimate of drug-likeness (QED) is 0.899. The molecule has 0 radical (unpaired) electrons. The molecule has 0 fully saturated rings. The lowest BCUT2D eigenvalue weighted by molar-refractivity contribution is 0.600. The van der Waals surface area contributed by atoms with Gasteiger partial charge in [-0.3, -0.25) is 9.82 Å². The minimum Gasteiger partial charge on any atom is -0.281 e. The van der Waals surface area contributed by atoms with Crippen LogP contribution in [0.15, 0.2) is 27.6 Å². The highest BCUT2D eigenvalue weighted by molar-refractivity contribution is 9.10. The van der Waals surface area contributed by atoms with Gasteiger partial charge in [0.2, 0.25) is 0 Å². The van der Waals surface area contributed by atoms with E-state index in [1.807, 2.05) is 13.0 Å². The zero-order valence-corrected chi connectivity index (χ0v) is 13.2. The Bertz CT molecular complexity index is 703. The van der Waals surface area contributed by atoms with Crippen molar-refractivity contribution >= 4 is 31.6 Å². The molecular weight excluding hydrogens is 330 g/mol. The first kappa shape index (κ1) is 14.1.